The highest BCUT2D eigenvalue weighted by molar-refractivity contribution is 6.03. The molecule has 1 aromatic heterocycles. The van der Waals surface area contributed by atoms with Crippen LogP contribution in [0.15, 0.2) is 48.9 Å². The number of benzene rings is 1. The Balaban J connectivity index is 1.43. The van der Waals surface area contributed by atoms with E-state index in [4.69, 9.17) is 4.74 Å². The summed E-state index contributed by atoms with van der Waals surface area (Å²) in [4.78, 5) is 38.2. The van der Waals surface area contributed by atoms with Crippen LogP contribution in [-0.2, 0) is 20.9 Å². The standard InChI is InChI=1S/C22H21FN4O3/c1-13-9-14(23)3-4-16(13)27-12-22-6-5-17(30-22)18(19(22)21(27)29)20(28)26(2)11-15-10-24-7-8-25-15/h3-10,17-19H,11-12H2,1-2H3/t17-,18?,19?,22-/m0/s1. The monoisotopic (exact) mass is 408 g/mol. The number of hydrogen-bond donors (Lipinski definition) is 0. The summed E-state index contributed by atoms with van der Waals surface area (Å²) < 4.78 is 19.7. The number of halogens is 1. The molecule has 1 spiro atoms. The molecule has 3 aliphatic heterocycles. The summed E-state index contributed by atoms with van der Waals surface area (Å²) in [5.74, 6) is -1.88. The Morgan fingerprint density at radius 3 is 2.97 bits per heavy atom. The highest BCUT2D eigenvalue weighted by atomic mass is 19.1. The zero-order chi connectivity index (χ0) is 21.0. The lowest BCUT2D eigenvalue weighted by molar-refractivity contribution is -0.139. The first kappa shape index (κ1) is 18.9. The maximum Gasteiger partial charge on any atom is 0.234 e. The maximum absolute atomic E-state index is 13.5. The van der Waals surface area contributed by atoms with Crippen molar-refractivity contribution in [1.29, 1.82) is 0 Å². The number of rotatable bonds is 4. The predicted molar refractivity (Wildman–Crippen MR) is 106 cm³/mol. The molecule has 2 amide bonds. The van der Waals surface area contributed by atoms with Gasteiger partial charge in [0.2, 0.25) is 11.8 Å². The van der Waals surface area contributed by atoms with Crippen LogP contribution in [0.1, 0.15) is 11.3 Å². The van der Waals surface area contributed by atoms with Crippen molar-refractivity contribution in [2.24, 2.45) is 11.8 Å². The average molecular weight is 408 g/mol. The van der Waals surface area contributed by atoms with Crippen LogP contribution in [0.4, 0.5) is 10.1 Å². The number of hydrogen-bond acceptors (Lipinski definition) is 5. The molecule has 2 fully saturated rings. The van der Waals surface area contributed by atoms with Crippen molar-refractivity contribution in [1.82, 2.24) is 14.9 Å². The molecule has 3 aliphatic rings. The van der Waals surface area contributed by atoms with Crippen molar-refractivity contribution in [3.8, 4) is 0 Å². The second-order valence-electron chi connectivity index (χ2n) is 8.15. The Labute approximate surface area is 173 Å². The quantitative estimate of drug-likeness (QED) is 0.722. The molecule has 30 heavy (non-hydrogen) atoms. The molecule has 0 aliphatic carbocycles. The molecule has 1 aromatic carbocycles. The second kappa shape index (κ2) is 6.70. The summed E-state index contributed by atoms with van der Waals surface area (Å²) in [5.41, 5.74) is 1.16. The van der Waals surface area contributed by atoms with Crippen molar-refractivity contribution in [3.63, 3.8) is 0 Å². The summed E-state index contributed by atoms with van der Waals surface area (Å²) in [5, 5.41) is 0. The fourth-order valence-corrected chi connectivity index (χ4v) is 4.89. The van der Waals surface area contributed by atoms with Crippen LogP contribution in [-0.4, -0.2) is 52.0 Å². The number of carbonyl (C=O) groups excluding carboxylic acids is 2. The maximum atomic E-state index is 13.5. The summed E-state index contributed by atoms with van der Waals surface area (Å²) in [7, 11) is 1.70. The van der Waals surface area contributed by atoms with Crippen LogP contribution in [0.3, 0.4) is 0 Å². The van der Waals surface area contributed by atoms with E-state index >= 15 is 0 Å². The average Bonchev–Trinajstić information content (AvgIpc) is 3.36. The van der Waals surface area contributed by atoms with E-state index in [2.05, 4.69) is 9.97 Å². The third-order valence-electron chi connectivity index (χ3n) is 6.23. The van der Waals surface area contributed by atoms with Gasteiger partial charge in [0.05, 0.1) is 42.9 Å². The van der Waals surface area contributed by atoms with Crippen molar-refractivity contribution in [2.75, 3.05) is 18.5 Å². The van der Waals surface area contributed by atoms with Gasteiger partial charge in [0.15, 0.2) is 0 Å². The van der Waals surface area contributed by atoms with E-state index in [0.717, 1.165) is 0 Å². The first-order valence-corrected chi connectivity index (χ1v) is 9.84. The Morgan fingerprint density at radius 1 is 1.40 bits per heavy atom. The molecule has 154 valence electrons. The largest absolute Gasteiger partial charge is 0.360 e. The molecule has 7 nitrogen and oxygen atoms in total. The highest BCUT2D eigenvalue weighted by Crippen LogP contribution is 2.53. The predicted octanol–water partition coefficient (Wildman–Crippen LogP) is 1.87. The SMILES string of the molecule is Cc1cc(F)ccc1N1C[C@]23C=C[C@H](O2)C(C(=O)N(C)Cc2cnccn2)C3C1=O. The number of nitrogens with zero attached hydrogens (tertiary/aromatic N) is 4. The van der Waals surface area contributed by atoms with Crippen molar-refractivity contribution < 1.29 is 18.7 Å². The van der Waals surface area contributed by atoms with Crippen LogP contribution in [0, 0.1) is 24.6 Å². The molecule has 4 heterocycles. The number of carbonyl (C=O) groups is 2. The van der Waals surface area contributed by atoms with Crippen LogP contribution in [0.5, 0.6) is 0 Å². The molecule has 2 unspecified atom stereocenters. The van der Waals surface area contributed by atoms with Gasteiger partial charge < -0.3 is 14.5 Å². The molecule has 0 radical (unpaired) electrons. The Morgan fingerprint density at radius 2 is 2.23 bits per heavy atom. The number of aromatic nitrogens is 2. The van der Waals surface area contributed by atoms with E-state index in [9.17, 15) is 14.0 Å². The van der Waals surface area contributed by atoms with Gasteiger partial charge in [-0.05, 0) is 30.7 Å². The highest BCUT2D eigenvalue weighted by Gasteiger charge is 2.67. The van der Waals surface area contributed by atoms with Gasteiger partial charge in [0.25, 0.3) is 0 Å². The van der Waals surface area contributed by atoms with Gasteiger partial charge in [0.1, 0.15) is 11.4 Å². The summed E-state index contributed by atoms with van der Waals surface area (Å²) in [6.07, 6.45) is 8.13. The Bertz CT molecular complexity index is 1060. The Kier molecular flexibility index (Phi) is 4.21. The molecule has 2 aromatic rings. The molecule has 4 atom stereocenters. The molecule has 5 rings (SSSR count). The molecular formula is C22H21FN4O3. The minimum Gasteiger partial charge on any atom is -0.360 e. The summed E-state index contributed by atoms with van der Waals surface area (Å²) in [6, 6.07) is 4.35. The topological polar surface area (TPSA) is 75.6 Å². The number of ether oxygens (including phenoxy) is 1. The molecule has 2 saturated heterocycles. The summed E-state index contributed by atoms with van der Waals surface area (Å²) in [6.45, 7) is 2.38. The molecule has 0 saturated carbocycles. The first-order valence-electron chi connectivity index (χ1n) is 9.84. The number of aryl methyl sites for hydroxylation is 1. The lowest BCUT2D eigenvalue weighted by Gasteiger charge is -2.27. The minimum atomic E-state index is -0.823. The van der Waals surface area contributed by atoms with E-state index in [1.807, 2.05) is 12.2 Å². The minimum absolute atomic E-state index is 0.159. The molecular weight excluding hydrogens is 387 g/mol. The van der Waals surface area contributed by atoms with Crippen LogP contribution >= 0.6 is 0 Å². The van der Waals surface area contributed by atoms with Crippen LogP contribution in [0.25, 0.3) is 0 Å². The second-order valence-corrected chi connectivity index (χ2v) is 8.15. The van der Waals surface area contributed by atoms with Gasteiger partial charge in [-0.1, -0.05) is 12.2 Å². The molecule has 2 bridgehead atoms. The van der Waals surface area contributed by atoms with Crippen LogP contribution < -0.4 is 4.90 Å². The fourth-order valence-electron chi connectivity index (χ4n) is 4.89. The lowest BCUT2D eigenvalue weighted by Crippen LogP contribution is -2.44. The fraction of sp³-hybridized carbons (Fsp3) is 0.364. The first-order chi connectivity index (χ1) is 14.4. The molecule has 8 heteroatoms. The van der Waals surface area contributed by atoms with Gasteiger partial charge in [-0.25, -0.2) is 4.39 Å². The smallest absolute Gasteiger partial charge is 0.234 e. The number of anilines is 1. The van der Waals surface area contributed by atoms with Gasteiger partial charge in [-0.3, -0.25) is 19.6 Å². The third kappa shape index (κ3) is 2.74. The van der Waals surface area contributed by atoms with Crippen molar-refractivity contribution in [3.05, 3.63) is 66.0 Å². The van der Waals surface area contributed by atoms with Crippen molar-refractivity contribution in [2.45, 2.75) is 25.2 Å². The zero-order valence-electron chi connectivity index (χ0n) is 16.7. The lowest BCUT2D eigenvalue weighted by atomic mass is 9.76. The van der Waals surface area contributed by atoms with E-state index < -0.39 is 23.5 Å². The van der Waals surface area contributed by atoms with Gasteiger partial charge in [0, 0.05) is 25.1 Å². The van der Waals surface area contributed by atoms with E-state index in [1.54, 1.807) is 48.4 Å². The van der Waals surface area contributed by atoms with Crippen LogP contribution in [0.2, 0.25) is 0 Å². The van der Waals surface area contributed by atoms with Gasteiger partial charge >= 0.3 is 0 Å². The normalized spacial score (nSPS) is 28.8. The molecule has 0 N–H and O–H groups in total. The van der Waals surface area contributed by atoms with Gasteiger partial charge in [-0.15, -0.1) is 0 Å². The number of fused-ring (bicyclic) bond motifs is 1. The number of amides is 2. The summed E-state index contributed by atoms with van der Waals surface area (Å²) >= 11 is 0. The van der Waals surface area contributed by atoms with E-state index in [-0.39, 0.29) is 17.6 Å². The van der Waals surface area contributed by atoms with E-state index in [1.165, 1.54) is 12.1 Å². The third-order valence-corrected chi connectivity index (χ3v) is 6.23. The van der Waals surface area contributed by atoms with E-state index in [0.29, 0.717) is 30.0 Å². The van der Waals surface area contributed by atoms with Crippen molar-refractivity contribution >= 4 is 17.5 Å². The van der Waals surface area contributed by atoms with Gasteiger partial charge in [-0.2, -0.15) is 0 Å². The zero-order valence-corrected chi connectivity index (χ0v) is 16.7. The Hall–Kier alpha value is -3.13.